The lowest BCUT2D eigenvalue weighted by Crippen LogP contribution is -2.11. The Kier molecular flexibility index (Phi) is 3.78. The zero-order chi connectivity index (χ0) is 12.8. The summed E-state index contributed by atoms with van der Waals surface area (Å²) in [7, 11) is 0. The molecule has 0 nitrogen and oxygen atoms in total. The van der Waals surface area contributed by atoms with Crippen molar-refractivity contribution >= 4 is 39.1 Å². The molecule has 0 saturated carbocycles. The van der Waals surface area contributed by atoms with Crippen molar-refractivity contribution in [3.8, 4) is 0 Å². The number of benzene rings is 1. The number of rotatable bonds is 0. The molecule has 1 aliphatic rings. The SMILES string of the molecule is CC1(C)CCc2c(F)cc(Br)c(Cl)c2C(Cl)C1. The summed E-state index contributed by atoms with van der Waals surface area (Å²) < 4.78 is 14.6. The van der Waals surface area contributed by atoms with E-state index >= 15 is 0 Å². The van der Waals surface area contributed by atoms with E-state index in [2.05, 4.69) is 29.8 Å². The van der Waals surface area contributed by atoms with Crippen LogP contribution in [-0.4, -0.2) is 0 Å². The minimum Gasteiger partial charge on any atom is -0.207 e. The first-order chi connectivity index (χ1) is 7.82. The Morgan fingerprint density at radius 1 is 1.47 bits per heavy atom. The van der Waals surface area contributed by atoms with Crippen LogP contribution >= 0.6 is 39.1 Å². The molecule has 1 aromatic rings. The highest BCUT2D eigenvalue weighted by Gasteiger charge is 2.32. The molecule has 0 amide bonds. The van der Waals surface area contributed by atoms with E-state index in [4.69, 9.17) is 23.2 Å². The van der Waals surface area contributed by atoms with Crippen LogP contribution in [0.4, 0.5) is 4.39 Å². The second-order valence-corrected chi connectivity index (χ2v) is 7.14. The summed E-state index contributed by atoms with van der Waals surface area (Å²) in [5.74, 6) is -0.209. The van der Waals surface area contributed by atoms with Crippen LogP contribution in [0, 0.1) is 11.2 Å². The largest absolute Gasteiger partial charge is 0.207 e. The molecule has 0 fully saturated rings. The third kappa shape index (κ3) is 2.64. The molecule has 0 spiro atoms. The Morgan fingerprint density at radius 3 is 2.76 bits per heavy atom. The lowest BCUT2D eigenvalue weighted by molar-refractivity contribution is 0.313. The standard InChI is InChI=1S/C13H14BrCl2F/c1-13(2)4-3-7-10(17)5-8(14)12(16)11(7)9(15)6-13/h5,9H,3-4,6H2,1-2H3. The van der Waals surface area contributed by atoms with Crippen LogP contribution in [0.2, 0.25) is 5.02 Å². The van der Waals surface area contributed by atoms with Crippen molar-refractivity contribution < 1.29 is 4.39 Å². The summed E-state index contributed by atoms with van der Waals surface area (Å²) in [6, 6.07) is 1.43. The summed E-state index contributed by atoms with van der Waals surface area (Å²) in [6.07, 6.45) is 2.44. The van der Waals surface area contributed by atoms with E-state index in [0.29, 0.717) is 21.5 Å². The van der Waals surface area contributed by atoms with Gasteiger partial charge in [-0.25, -0.2) is 4.39 Å². The van der Waals surface area contributed by atoms with Gasteiger partial charge in [0.05, 0.1) is 10.4 Å². The minimum absolute atomic E-state index is 0.119. The highest BCUT2D eigenvalue weighted by molar-refractivity contribution is 9.10. The number of hydrogen-bond acceptors (Lipinski definition) is 0. The molecule has 0 heterocycles. The molecule has 4 heteroatoms. The van der Waals surface area contributed by atoms with Gasteiger partial charge in [-0.05, 0) is 57.8 Å². The Hall–Kier alpha value is 0.210. The number of fused-ring (bicyclic) bond motifs is 1. The molecule has 0 radical (unpaired) electrons. The monoisotopic (exact) mass is 338 g/mol. The van der Waals surface area contributed by atoms with Gasteiger partial charge in [0.15, 0.2) is 0 Å². The van der Waals surface area contributed by atoms with Gasteiger partial charge >= 0.3 is 0 Å². The van der Waals surface area contributed by atoms with Crippen molar-refractivity contribution in [2.24, 2.45) is 5.41 Å². The minimum atomic E-state index is -0.220. The van der Waals surface area contributed by atoms with Gasteiger partial charge in [-0.1, -0.05) is 25.4 Å². The fourth-order valence-corrected chi connectivity index (χ4v) is 3.81. The van der Waals surface area contributed by atoms with Crippen molar-refractivity contribution in [2.75, 3.05) is 0 Å². The number of hydrogen-bond donors (Lipinski definition) is 0. The van der Waals surface area contributed by atoms with Gasteiger partial charge in [0.1, 0.15) is 5.82 Å². The van der Waals surface area contributed by atoms with Crippen molar-refractivity contribution in [1.82, 2.24) is 0 Å². The van der Waals surface area contributed by atoms with Gasteiger partial charge in [-0.3, -0.25) is 0 Å². The van der Waals surface area contributed by atoms with Gasteiger partial charge < -0.3 is 0 Å². The second kappa shape index (κ2) is 4.71. The van der Waals surface area contributed by atoms with Gasteiger partial charge in [0, 0.05) is 4.47 Å². The number of halogens is 4. The zero-order valence-electron chi connectivity index (χ0n) is 9.79. The van der Waals surface area contributed by atoms with Crippen molar-refractivity contribution in [3.05, 3.63) is 32.5 Å². The summed E-state index contributed by atoms with van der Waals surface area (Å²) in [4.78, 5) is 0. The highest BCUT2D eigenvalue weighted by atomic mass is 79.9. The maximum absolute atomic E-state index is 14.0. The van der Waals surface area contributed by atoms with E-state index in [1.165, 1.54) is 6.07 Å². The summed E-state index contributed by atoms with van der Waals surface area (Å²) >= 11 is 15.9. The van der Waals surface area contributed by atoms with Crippen molar-refractivity contribution in [1.29, 1.82) is 0 Å². The van der Waals surface area contributed by atoms with Crippen LogP contribution in [0.25, 0.3) is 0 Å². The predicted octanol–water partition coefficient (Wildman–Crippen LogP) is 5.88. The van der Waals surface area contributed by atoms with Crippen molar-refractivity contribution in [2.45, 2.75) is 38.5 Å². The first kappa shape index (κ1) is 13.6. The predicted molar refractivity (Wildman–Crippen MR) is 74.4 cm³/mol. The molecule has 1 unspecified atom stereocenters. The summed E-state index contributed by atoms with van der Waals surface area (Å²) in [6.45, 7) is 4.32. The summed E-state index contributed by atoms with van der Waals surface area (Å²) in [5, 5.41) is 0.334. The van der Waals surface area contributed by atoms with Crippen LogP contribution in [0.15, 0.2) is 10.5 Å². The normalized spacial score (nSPS) is 23.1. The average molecular weight is 340 g/mol. The topological polar surface area (TPSA) is 0 Å². The molecule has 0 bridgehead atoms. The lowest BCUT2D eigenvalue weighted by atomic mass is 9.84. The van der Waals surface area contributed by atoms with Gasteiger partial charge in [0.25, 0.3) is 0 Å². The lowest BCUT2D eigenvalue weighted by Gasteiger charge is -2.23. The Morgan fingerprint density at radius 2 is 2.12 bits per heavy atom. The Labute approximate surface area is 120 Å². The van der Waals surface area contributed by atoms with Gasteiger partial charge in [-0.2, -0.15) is 0 Å². The fraction of sp³-hybridized carbons (Fsp3) is 0.538. The Bertz CT molecular complexity index is 457. The fourth-order valence-electron chi connectivity index (χ4n) is 2.38. The molecular formula is C13H14BrCl2F. The molecule has 0 aliphatic heterocycles. The first-order valence-electron chi connectivity index (χ1n) is 5.62. The van der Waals surface area contributed by atoms with Crippen LogP contribution in [-0.2, 0) is 6.42 Å². The second-order valence-electron chi connectivity index (χ2n) is 5.38. The quantitative estimate of drug-likeness (QED) is 0.314. The van der Waals surface area contributed by atoms with Gasteiger partial charge in [-0.15, -0.1) is 11.6 Å². The van der Waals surface area contributed by atoms with Crippen LogP contribution in [0.3, 0.4) is 0 Å². The summed E-state index contributed by atoms with van der Waals surface area (Å²) in [5.41, 5.74) is 1.57. The van der Waals surface area contributed by atoms with Crippen LogP contribution < -0.4 is 0 Å². The molecule has 1 atom stereocenters. The van der Waals surface area contributed by atoms with E-state index in [1.54, 1.807) is 0 Å². The molecular weight excluding hydrogens is 326 g/mol. The average Bonchev–Trinajstić information content (AvgIpc) is 2.31. The third-order valence-electron chi connectivity index (χ3n) is 3.41. The van der Waals surface area contributed by atoms with E-state index in [9.17, 15) is 4.39 Å². The Balaban J connectivity index is 2.59. The molecule has 1 aliphatic carbocycles. The third-order valence-corrected chi connectivity index (χ3v) is 5.04. The molecule has 94 valence electrons. The number of alkyl halides is 1. The molecule has 1 aromatic carbocycles. The molecule has 0 saturated heterocycles. The molecule has 2 rings (SSSR count). The maximum atomic E-state index is 14.0. The van der Waals surface area contributed by atoms with Crippen LogP contribution in [0.5, 0.6) is 0 Å². The molecule has 17 heavy (non-hydrogen) atoms. The van der Waals surface area contributed by atoms with Crippen LogP contribution in [0.1, 0.15) is 43.2 Å². The van der Waals surface area contributed by atoms with Gasteiger partial charge in [0.2, 0.25) is 0 Å². The van der Waals surface area contributed by atoms with Crippen molar-refractivity contribution in [3.63, 3.8) is 0 Å². The van der Waals surface area contributed by atoms with E-state index in [1.807, 2.05) is 0 Å². The highest BCUT2D eigenvalue weighted by Crippen LogP contribution is 2.47. The van der Waals surface area contributed by atoms with E-state index in [-0.39, 0.29) is 16.6 Å². The smallest absolute Gasteiger partial charge is 0.127 e. The first-order valence-corrected chi connectivity index (χ1v) is 7.23. The van der Waals surface area contributed by atoms with E-state index in [0.717, 1.165) is 18.4 Å². The molecule has 0 N–H and O–H groups in total. The zero-order valence-corrected chi connectivity index (χ0v) is 12.9. The maximum Gasteiger partial charge on any atom is 0.127 e. The van der Waals surface area contributed by atoms with E-state index < -0.39 is 0 Å². The molecule has 0 aromatic heterocycles.